The molecule has 1 N–H and O–H groups in total. The highest BCUT2D eigenvalue weighted by Gasteiger charge is 2.44. The van der Waals surface area contributed by atoms with Crippen molar-refractivity contribution in [3.63, 3.8) is 0 Å². The highest BCUT2D eigenvalue weighted by Crippen LogP contribution is 2.33. The van der Waals surface area contributed by atoms with E-state index in [0.29, 0.717) is 5.71 Å². The van der Waals surface area contributed by atoms with Gasteiger partial charge < -0.3 is 19.6 Å². The summed E-state index contributed by atoms with van der Waals surface area (Å²) in [5.41, 5.74) is 2.09. The Kier molecular flexibility index (Phi) is 4.69. The number of carbonyl (C=O) groups excluding carboxylic acids is 1. The van der Waals surface area contributed by atoms with Gasteiger partial charge in [0.05, 0.1) is 17.2 Å². The number of rotatable bonds is 5. The van der Waals surface area contributed by atoms with Crippen molar-refractivity contribution in [3.8, 4) is 0 Å². The molecule has 3 heterocycles. The molecule has 3 atom stereocenters. The number of carbonyl (C=O) groups is 1. The minimum atomic E-state index is -0.791. The summed E-state index contributed by atoms with van der Waals surface area (Å²) in [5, 5.41) is 29.7. The smallest absolute Gasteiger partial charge is 0.390 e. The highest BCUT2D eigenvalue weighted by atomic mass is 16.7. The normalized spacial score (nSPS) is 24.4. The average Bonchev–Trinajstić information content (AvgIpc) is 3.36. The molecule has 2 fully saturated rings. The first-order chi connectivity index (χ1) is 13.9. The number of nitrogens with one attached hydrogen (secondary N) is 1. The summed E-state index contributed by atoms with van der Waals surface area (Å²) in [4.78, 5) is 36.5. The van der Waals surface area contributed by atoms with Crippen molar-refractivity contribution < 1.29 is 24.1 Å². The number of amides is 1. The predicted molar refractivity (Wildman–Crippen MR) is 92.9 cm³/mol. The minimum Gasteiger partial charge on any atom is -0.390 e. The Labute approximate surface area is 161 Å². The van der Waals surface area contributed by atoms with Crippen LogP contribution >= 0.6 is 0 Å². The van der Waals surface area contributed by atoms with Crippen molar-refractivity contribution in [1.82, 2.24) is 20.2 Å². The van der Waals surface area contributed by atoms with Crippen molar-refractivity contribution in [2.45, 2.75) is 24.9 Å². The first kappa shape index (κ1) is 18.6. The number of benzene rings is 1. The topological polar surface area (TPSA) is 177 Å². The van der Waals surface area contributed by atoms with E-state index in [4.69, 9.17) is 9.47 Å². The second kappa shape index (κ2) is 7.33. The molecule has 0 saturated carbocycles. The number of ether oxygens (including phenoxy) is 2. The first-order valence-electron chi connectivity index (χ1n) is 8.37. The summed E-state index contributed by atoms with van der Waals surface area (Å²) in [6.45, 7) is 0.208. The van der Waals surface area contributed by atoms with Gasteiger partial charge in [-0.2, -0.15) is 9.78 Å². The van der Waals surface area contributed by atoms with E-state index in [1.54, 1.807) is 0 Å². The molecule has 2 aliphatic heterocycles. The van der Waals surface area contributed by atoms with Gasteiger partial charge in [0, 0.05) is 17.6 Å². The Bertz CT molecular complexity index is 1020. The van der Waals surface area contributed by atoms with Crippen molar-refractivity contribution in [2.24, 2.45) is 5.10 Å². The van der Waals surface area contributed by atoms with E-state index in [0.717, 1.165) is 0 Å². The summed E-state index contributed by atoms with van der Waals surface area (Å²) >= 11 is 0. The molecule has 1 aromatic carbocycles. The number of hydrogen-bond acceptors (Lipinski definition) is 10. The zero-order valence-electron chi connectivity index (χ0n) is 14.6. The van der Waals surface area contributed by atoms with E-state index in [-0.39, 0.29) is 24.3 Å². The third-order valence-corrected chi connectivity index (χ3v) is 4.48. The molecule has 2 aromatic rings. The van der Waals surface area contributed by atoms with Crippen LogP contribution in [0.3, 0.4) is 0 Å². The molecular weight excluding hydrogens is 390 g/mol. The monoisotopic (exact) mass is 403 g/mol. The second-order valence-electron chi connectivity index (χ2n) is 6.21. The third-order valence-electron chi connectivity index (χ3n) is 4.48. The summed E-state index contributed by atoms with van der Waals surface area (Å²) in [7, 11) is 0. The van der Waals surface area contributed by atoms with E-state index in [2.05, 4.69) is 20.6 Å². The molecular formula is C15H13N7O7. The second-order valence-corrected chi connectivity index (χ2v) is 6.21. The van der Waals surface area contributed by atoms with Gasteiger partial charge in [0.15, 0.2) is 6.29 Å². The van der Waals surface area contributed by atoms with Gasteiger partial charge in [0.1, 0.15) is 17.7 Å². The number of fused-ring (bicyclic) bond motifs is 2. The Hall–Kier alpha value is -3.78. The van der Waals surface area contributed by atoms with Crippen molar-refractivity contribution in [2.75, 3.05) is 6.61 Å². The number of nitro groups is 2. The fourth-order valence-corrected chi connectivity index (χ4v) is 3.12. The van der Waals surface area contributed by atoms with E-state index in [9.17, 15) is 25.0 Å². The van der Waals surface area contributed by atoms with Crippen molar-refractivity contribution >= 4 is 23.3 Å². The number of para-hydroxylation sites is 1. The molecule has 1 amide bonds. The van der Waals surface area contributed by atoms with Gasteiger partial charge in [-0.1, -0.05) is 17.1 Å². The van der Waals surface area contributed by atoms with Crippen LogP contribution in [0, 0.1) is 20.2 Å². The molecule has 4 rings (SSSR count). The lowest BCUT2D eigenvalue weighted by atomic mass is 10.0. The van der Waals surface area contributed by atoms with E-state index in [1.165, 1.54) is 35.3 Å². The maximum Gasteiger partial charge on any atom is 0.490 e. The number of hydrogen-bond donors (Lipinski definition) is 1. The molecule has 14 nitrogen and oxygen atoms in total. The lowest BCUT2D eigenvalue weighted by molar-refractivity contribution is -0.394. The molecule has 2 saturated heterocycles. The maximum absolute atomic E-state index is 12.3. The molecule has 0 aliphatic carbocycles. The molecule has 0 radical (unpaired) electrons. The molecule has 29 heavy (non-hydrogen) atoms. The van der Waals surface area contributed by atoms with Crippen LogP contribution in [-0.4, -0.2) is 55.2 Å². The molecule has 150 valence electrons. The van der Waals surface area contributed by atoms with Crippen LogP contribution in [0.25, 0.3) is 0 Å². The molecule has 0 spiro atoms. The van der Waals surface area contributed by atoms with E-state index < -0.39 is 40.1 Å². The Morgan fingerprint density at radius 1 is 1.28 bits per heavy atom. The van der Waals surface area contributed by atoms with Crippen LogP contribution in [0.4, 0.5) is 11.6 Å². The van der Waals surface area contributed by atoms with Gasteiger partial charge in [0.25, 0.3) is 11.6 Å². The van der Waals surface area contributed by atoms with Crippen molar-refractivity contribution in [1.29, 1.82) is 0 Å². The standard InChI is InChI=1S/C15H13N7O7/c23-13(8-3-1-2-4-10(8)21(24)25)18-17-9-5-11(12-6-28-14(9)29-12)20-7-16-15(19-20)22(26)27/h1-4,7,11-12,14H,5-6H2,(H,18,23)/b17-9+/t11-,12-,14+/m1/s1. The van der Waals surface area contributed by atoms with E-state index in [1.807, 2.05) is 0 Å². The average molecular weight is 403 g/mol. The Morgan fingerprint density at radius 2 is 2.07 bits per heavy atom. The molecule has 2 bridgehead atoms. The summed E-state index contributed by atoms with van der Waals surface area (Å²) in [5.74, 6) is -1.31. The lowest BCUT2D eigenvalue weighted by Gasteiger charge is -2.26. The predicted octanol–water partition coefficient (Wildman–Crippen LogP) is 0.567. The van der Waals surface area contributed by atoms with Gasteiger partial charge in [0.2, 0.25) is 6.33 Å². The number of nitrogens with zero attached hydrogens (tertiary/aromatic N) is 6. The van der Waals surface area contributed by atoms with Gasteiger partial charge >= 0.3 is 5.95 Å². The number of aromatic nitrogens is 3. The van der Waals surface area contributed by atoms with Crippen LogP contribution in [0.15, 0.2) is 35.7 Å². The largest absolute Gasteiger partial charge is 0.490 e. The quantitative estimate of drug-likeness (QED) is 0.552. The SMILES string of the molecule is O=C(N/N=C1\C[C@@H](n2cnc([N+](=O)[O-])n2)[C@H]2CO[C@H]1O2)c1ccccc1[N+](=O)[O-]. The zero-order chi connectivity index (χ0) is 20.5. The van der Waals surface area contributed by atoms with Gasteiger partial charge in [-0.3, -0.25) is 14.9 Å². The molecule has 2 aliphatic rings. The molecule has 0 unspecified atom stereocenters. The minimum absolute atomic E-state index is 0.146. The van der Waals surface area contributed by atoms with Gasteiger partial charge in [-0.25, -0.2) is 5.43 Å². The Morgan fingerprint density at radius 3 is 2.79 bits per heavy atom. The molecule has 14 heteroatoms. The van der Waals surface area contributed by atoms with Crippen LogP contribution in [0.5, 0.6) is 0 Å². The third kappa shape index (κ3) is 3.53. The van der Waals surface area contributed by atoms with E-state index >= 15 is 0 Å². The van der Waals surface area contributed by atoms with Crippen LogP contribution in [-0.2, 0) is 9.47 Å². The first-order valence-corrected chi connectivity index (χ1v) is 8.37. The van der Waals surface area contributed by atoms with Crippen LogP contribution in [0.2, 0.25) is 0 Å². The highest BCUT2D eigenvalue weighted by molar-refractivity contribution is 5.99. The van der Waals surface area contributed by atoms with Crippen LogP contribution in [0.1, 0.15) is 22.8 Å². The maximum atomic E-state index is 12.3. The fraction of sp³-hybridized carbons (Fsp3) is 0.333. The number of hydrazone groups is 1. The van der Waals surface area contributed by atoms with Crippen LogP contribution < -0.4 is 5.43 Å². The van der Waals surface area contributed by atoms with Crippen molar-refractivity contribution in [3.05, 3.63) is 56.4 Å². The lowest BCUT2D eigenvalue weighted by Crippen LogP contribution is -2.38. The summed E-state index contributed by atoms with van der Waals surface area (Å²) < 4.78 is 12.5. The van der Waals surface area contributed by atoms with Gasteiger partial charge in [-0.15, -0.1) is 0 Å². The van der Waals surface area contributed by atoms with Gasteiger partial charge in [-0.05, 0) is 11.0 Å². The Balaban J connectivity index is 1.53. The fourth-order valence-electron chi connectivity index (χ4n) is 3.12. The molecule has 1 aromatic heterocycles. The number of nitro benzene ring substituents is 1. The summed E-state index contributed by atoms with van der Waals surface area (Å²) in [6.07, 6.45) is 0.244. The zero-order valence-corrected chi connectivity index (χ0v) is 14.6. The summed E-state index contributed by atoms with van der Waals surface area (Å²) in [6, 6.07) is 4.99.